The standard InChI is InChI=1S/C29H31NO2/c1-4-6-23-11-18-28(27(19-23)20-30)32-29(31)26-16-14-25(15-17-26)24-12-9-22(10-13-24)8-7-21(3)5-2/h9-19,21H,4-8H2,1-3H3. The van der Waals surface area contributed by atoms with E-state index >= 15 is 0 Å². The fourth-order valence-electron chi connectivity index (χ4n) is 3.64. The smallest absolute Gasteiger partial charge is 0.343 e. The summed E-state index contributed by atoms with van der Waals surface area (Å²) in [6.45, 7) is 6.62. The van der Waals surface area contributed by atoms with Gasteiger partial charge in [0.25, 0.3) is 0 Å². The number of aryl methyl sites for hydroxylation is 2. The minimum atomic E-state index is -0.461. The van der Waals surface area contributed by atoms with Gasteiger partial charge in [0.15, 0.2) is 0 Å². The number of ether oxygens (including phenoxy) is 1. The van der Waals surface area contributed by atoms with Gasteiger partial charge < -0.3 is 4.74 Å². The molecule has 0 saturated carbocycles. The van der Waals surface area contributed by atoms with Crippen LogP contribution in [0, 0.1) is 17.2 Å². The third kappa shape index (κ3) is 6.08. The molecule has 0 N–H and O–H groups in total. The van der Waals surface area contributed by atoms with Crippen molar-refractivity contribution < 1.29 is 9.53 Å². The summed E-state index contributed by atoms with van der Waals surface area (Å²) in [5.74, 6) is 0.589. The Labute approximate surface area is 191 Å². The molecule has 0 spiro atoms. The van der Waals surface area contributed by atoms with Gasteiger partial charge in [0.2, 0.25) is 0 Å². The molecule has 0 amide bonds. The van der Waals surface area contributed by atoms with Crippen LogP contribution in [0.4, 0.5) is 0 Å². The maximum atomic E-state index is 12.6. The number of benzene rings is 3. The number of rotatable bonds is 9. The van der Waals surface area contributed by atoms with Crippen LogP contribution in [0.2, 0.25) is 0 Å². The lowest BCUT2D eigenvalue weighted by Gasteiger charge is -2.10. The zero-order valence-corrected chi connectivity index (χ0v) is 19.2. The molecule has 0 aliphatic rings. The Bertz CT molecular complexity index is 1080. The first-order valence-electron chi connectivity index (χ1n) is 11.5. The van der Waals surface area contributed by atoms with Crippen molar-refractivity contribution in [2.24, 2.45) is 5.92 Å². The van der Waals surface area contributed by atoms with Crippen molar-refractivity contribution in [1.29, 1.82) is 5.26 Å². The maximum absolute atomic E-state index is 12.6. The second-order valence-electron chi connectivity index (χ2n) is 8.41. The summed E-state index contributed by atoms with van der Waals surface area (Å²) in [5, 5.41) is 9.41. The van der Waals surface area contributed by atoms with Gasteiger partial charge in [-0.2, -0.15) is 5.26 Å². The molecule has 0 heterocycles. The quantitative estimate of drug-likeness (QED) is 0.265. The number of carbonyl (C=O) groups is 1. The zero-order valence-electron chi connectivity index (χ0n) is 19.2. The summed E-state index contributed by atoms with van der Waals surface area (Å²) in [6.07, 6.45) is 5.42. The number of carbonyl (C=O) groups excluding carboxylic acids is 1. The Morgan fingerprint density at radius 1 is 0.906 bits per heavy atom. The van der Waals surface area contributed by atoms with Crippen LogP contribution in [0.25, 0.3) is 11.1 Å². The van der Waals surface area contributed by atoms with E-state index in [1.54, 1.807) is 24.3 Å². The highest BCUT2D eigenvalue weighted by Crippen LogP contribution is 2.24. The van der Waals surface area contributed by atoms with E-state index in [4.69, 9.17) is 4.74 Å². The largest absolute Gasteiger partial charge is 0.422 e. The molecule has 0 aliphatic heterocycles. The van der Waals surface area contributed by atoms with Gasteiger partial charge in [-0.25, -0.2) is 4.79 Å². The van der Waals surface area contributed by atoms with Gasteiger partial charge in [0, 0.05) is 0 Å². The summed E-state index contributed by atoms with van der Waals surface area (Å²) >= 11 is 0. The van der Waals surface area contributed by atoms with Crippen LogP contribution in [0.3, 0.4) is 0 Å². The van der Waals surface area contributed by atoms with E-state index in [1.165, 1.54) is 18.4 Å². The van der Waals surface area contributed by atoms with E-state index in [-0.39, 0.29) is 0 Å². The van der Waals surface area contributed by atoms with E-state index in [0.29, 0.717) is 16.9 Å². The van der Waals surface area contributed by atoms with Gasteiger partial charge in [-0.1, -0.05) is 76.1 Å². The normalized spacial score (nSPS) is 11.6. The van der Waals surface area contributed by atoms with E-state index in [1.807, 2.05) is 18.2 Å². The highest BCUT2D eigenvalue weighted by atomic mass is 16.5. The second kappa shape index (κ2) is 11.3. The molecule has 3 nitrogen and oxygen atoms in total. The van der Waals surface area contributed by atoms with Crippen LogP contribution in [0.5, 0.6) is 5.75 Å². The molecule has 164 valence electrons. The number of esters is 1. The molecule has 0 aliphatic carbocycles. The monoisotopic (exact) mass is 425 g/mol. The van der Waals surface area contributed by atoms with Crippen molar-refractivity contribution in [3.05, 3.63) is 89.0 Å². The second-order valence-corrected chi connectivity index (χ2v) is 8.41. The fraction of sp³-hybridized carbons (Fsp3) is 0.310. The SMILES string of the molecule is CCCc1ccc(OC(=O)c2ccc(-c3ccc(CCC(C)CC)cc3)cc2)c(C#N)c1. The molecule has 0 fully saturated rings. The topological polar surface area (TPSA) is 50.1 Å². The van der Waals surface area contributed by atoms with Crippen molar-refractivity contribution in [1.82, 2.24) is 0 Å². The minimum absolute atomic E-state index is 0.300. The predicted molar refractivity (Wildman–Crippen MR) is 130 cm³/mol. The number of nitrogens with zero attached hydrogens (tertiary/aromatic N) is 1. The first-order valence-corrected chi connectivity index (χ1v) is 11.5. The molecule has 3 aromatic rings. The molecule has 1 unspecified atom stereocenters. The van der Waals surface area contributed by atoms with Crippen LogP contribution in [-0.2, 0) is 12.8 Å². The van der Waals surface area contributed by atoms with Crippen molar-refractivity contribution in [2.45, 2.75) is 52.9 Å². The lowest BCUT2D eigenvalue weighted by Crippen LogP contribution is -2.09. The number of nitriles is 1. The lowest BCUT2D eigenvalue weighted by atomic mass is 9.97. The van der Waals surface area contributed by atoms with E-state index in [0.717, 1.165) is 41.9 Å². The van der Waals surface area contributed by atoms with Crippen LogP contribution in [0.1, 0.15) is 67.1 Å². The first kappa shape index (κ1) is 23.3. The Balaban J connectivity index is 1.66. The average Bonchev–Trinajstić information content (AvgIpc) is 2.84. The predicted octanol–water partition coefficient (Wildman–Crippen LogP) is 7.38. The first-order chi connectivity index (χ1) is 15.5. The molecule has 3 rings (SSSR count). The van der Waals surface area contributed by atoms with Crippen LogP contribution >= 0.6 is 0 Å². The Hall–Kier alpha value is -3.38. The molecular weight excluding hydrogens is 394 g/mol. The molecule has 0 radical (unpaired) electrons. The molecule has 1 atom stereocenters. The molecule has 0 saturated heterocycles. The summed E-state index contributed by atoms with van der Waals surface area (Å²) in [7, 11) is 0. The maximum Gasteiger partial charge on any atom is 0.343 e. The minimum Gasteiger partial charge on any atom is -0.422 e. The lowest BCUT2D eigenvalue weighted by molar-refractivity contribution is 0.0734. The summed E-state index contributed by atoms with van der Waals surface area (Å²) < 4.78 is 5.51. The van der Waals surface area contributed by atoms with Gasteiger partial charge in [0.1, 0.15) is 11.8 Å². The highest BCUT2D eigenvalue weighted by Gasteiger charge is 2.13. The van der Waals surface area contributed by atoms with Gasteiger partial charge in [-0.15, -0.1) is 0 Å². The zero-order chi connectivity index (χ0) is 22.9. The van der Waals surface area contributed by atoms with E-state index in [2.05, 4.69) is 51.1 Å². The van der Waals surface area contributed by atoms with Crippen molar-refractivity contribution >= 4 is 5.97 Å². The van der Waals surface area contributed by atoms with Crippen molar-refractivity contribution in [3.63, 3.8) is 0 Å². The van der Waals surface area contributed by atoms with Crippen molar-refractivity contribution in [3.8, 4) is 22.9 Å². The van der Waals surface area contributed by atoms with Crippen LogP contribution in [0.15, 0.2) is 66.7 Å². The summed E-state index contributed by atoms with van der Waals surface area (Å²) in [5.41, 5.74) is 5.44. The van der Waals surface area contributed by atoms with Gasteiger partial charge >= 0.3 is 5.97 Å². The molecule has 0 aromatic heterocycles. The van der Waals surface area contributed by atoms with Gasteiger partial charge in [0.05, 0.1) is 11.1 Å². The molecule has 3 heteroatoms. The Morgan fingerprint density at radius 3 is 2.12 bits per heavy atom. The fourth-order valence-corrected chi connectivity index (χ4v) is 3.64. The summed E-state index contributed by atoms with van der Waals surface area (Å²) in [4.78, 5) is 12.6. The van der Waals surface area contributed by atoms with E-state index < -0.39 is 5.97 Å². The average molecular weight is 426 g/mol. The molecule has 0 bridgehead atoms. The Morgan fingerprint density at radius 2 is 1.53 bits per heavy atom. The third-order valence-electron chi connectivity index (χ3n) is 5.94. The number of hydrogen-bond acceptors (Lipinski definition) is 3. The molecular formula is C29H31NO2. The van der Waals surface area contributed by atoms with E-state index in [9.17, 15) is 10.1 Å². The van der Waals surface area contributed by atoms with Crippen LogP contribution < -0.4 is 4.74 Å². The molecule has 3 aromatic carbocycles. The molecule has 32 heavy (non-hydrogen) atoms. The van der Waals surface area contributed by atoms with Gasteiger partial charge in [-0.3, -0.25) is 0 Å². The Kier molecular flexibility index (Phi) is 8.22. The van der Waals surface area contributed by atoms with Gasteiger partial charge in [-0.05, 0) is 71.7 Å². The van der Waals surface area contributed by atoms with Crippen molar-refractivity contribution in [2.75, 3.05) is 0 Å². The van der Waals surface area contributed by atoms with Crippen LogP contribution in [-0.4, -0.2) is 5.97 Å². The number of hydrogen-bond donors (Lipinski definition) is 0. The summed E-state index contributed by atoms with van der Waals surface area (Å²) in [6, 6.07) is 23.6. The highest BCUT2D eigenvalue weighted by molar-refractivity contribution is 5.92. The third-order valence-corrected chi connectivity index (χ3v) is 5.94.